The number of nitrogens with one attached hydrogen (secondary N) is 1. The van der Waals surface area contributed by atoms with Gasteiger partial charge in [-0.05, 0) is 39.7 Å². The van der Waals surface area contributed by atoms with Crippen molar-refractivity contribution in [1.82, 2.24) is 0 Å². The molecule has 0 unspecified atom stereocenters. The number of anilines is 1. The molecule has 0 saturated carbocycles. The maximum Gasteiger partial charge on any atom is 0.416 e. The van der Waals surface area contributed by atoms with Gasteiger partial charge in [-0.25, -0.2) is 8.78 Å². The van der Waals surface area contributed by atoms with Gasteiger partial charge in [-0.1, -0.05) is 12.1 Å². The molecule has 7 heteroatoms. The van der Waals surface area contributed by atoms with Crippen LogP contribution in [-0.2, 0) is 12.7 Å². The standard InChI is InChI=1S/C14H9BrF5N/c15-10-5-12(17)13(6-11(10)16)21-7-8-1-3-9(4-2-8)14(18,19)20/h1-6,21H,7H2. The highest BCUT2D eigenvalue weighted by atomic mass is 79.9. The minimum atomic E-state index is -4.40. The van der Waals surface area contributed by atoms with E-state index in [9.17, 15) is 22.0 Å². The second-order valence-electron chi connectivity index (χ2n) is 4.29. The Morgan fingerprint density at radius 3 is 2.14 bits per heavy atom. The normalized spacial score (nSPS) is 11.5. The van der Waals surface area contributed by atoms with E-state index in [1.807, 2.05) is 0 Å². The molecule has 0 atom stereocenters. The molecule has 2 aromatic rings. The van der Waals surface area contributed by atoms with Crippen LogP contribution in [0.15, 0.2) is 40.9 Å². The van der Waals surface area contributed by atoms with Crippen LogP contribution in [0, 0.1) is 11.6 Å². The third kappa shape index (κ3) is 3.93. The summed E-state index contributed by atoms with van der Waals surface area (Å²) in [6, 6.07) is 6.39. The molecule has 0 aliphatic rings. The summed E-state index contributed by atoms with van der Waals surface area (Å²) in [4.78, 5) is 0. The van der Waals surface area contributed by atoms with Gasteiger partial charge in [0.1, 0.15) is 11.6 Å². The van der Waals surface area contributed by atoms with Crippen LogP contribution < -0.4 is 5.32 Å². The highest BCUT2D eigenvalue weighted by Crippen LogP contribution is 2.29. The molecule has 0 bridgehead atoms. The Bertz CT molecular complexity index is 637. The molecule has 0 heterocycles. The van der Waals surface area contributed by atoms with Crippen molar-refractivity contribution in [3.63, 3.8) is 0 Å². The summed E-state index contributed by atoms with van der Waals surface area (Å²) in [6.07, 6.45) is -4.40. The van der Waals surface area contributed by atoms with Crippen molar-refractivity contribution in [1.29, 1.82) is 0 Å². The Balaban J connectivity index is 2.08. The van der Waals surface area contributed by atoms with Crippen LogP contribution in [0.4, 0.5) is 27.6 Å². The molecular weight excluding hydrogens is 357 g/mol. The van der Waals surface area contributed by atoms with E-state index in [1.54, 1.807) is 0 Å². The van der Waals surface area contributed by atoms with E-state index >= 15 is 0 Å². The first-order chi connectivity index (χ1) is 9.77. The lowest BCUT2D eigenvalue weighted by Crippen LogP contribution is -2.06. The van der Waals surface area contributed by atoms with Crippen LogP contribution >= 0.6 is 15.9 Å². The van der Waals surface area contributed by atoms with Gasteiger partial charge in [-0.3, -0.25) is 0 Å². The number of alkyl halides is 3. The summed E-state index contributed by atoms with van der Waals surface area (Å²) in [5.41, 5.74) is -0.298. The predicted molar refractivity (Wildman–Crippen MR) is 72.8 cm³/mol. The fourth-order valence-corrected chi connectivity index (χ4v) is 1.98. The molecule has 0 amide bonds. The van der Waals surface area contributed by atoms with Gasteiger partial charge < -0.3 is 5.32 Å². The maximum absolute atomic E-state index is 13.5. The first-order valence-corrected chi connectivity index (χ1v) is 6.61. The minimum Gasteiger partial charge on any atom is -0.379 e. The van der Waals surface area contributed by atoms with E-state index in [1.165, 1.54) is 12.1 Å². The molecule has 0 fully saturated rings. The van der Waals surface area contributed by atoms with Crippen LogP contribution in [0.5, 0.6) is 0 Å². The lowest BCUT2D eigenvalue weighted by molar-refractivity contribution is -0.137. The molecule has 1 N–H and O–H groups in total. The van der Waals surface area contributed by atoms with E-state index in [0.29, 0.717) is 5.56 Å². The fourth-order valence-electron chi connectivity index (χ4n) is 1.67. The molecule has 0 aliphatic carbocycles. The zero-order chi connectivity index (χ0) is 15.6. The van der Waals surface area contributed by atoms with Crippen molar-refractivity contribution >= 4 is 21.6 Å². The van der Waals surface area contributed by atoms with Crippen LogP contribution in [0.1, 0.15) is 11.1 Å². The lowest BCUT2D eigenvalue weighted by Gasteiger charge is -2.10. The van der Waals surface area contributed by atoms with E-state index in [2.05, 4.69) is 21.2 Å². The SMILES string of the molecule is Fc1cc(NCc2ccc(C(F)(F)F)cc2)c(F)cc1Br. The number of hydrogen-bond acceptors (Lipinski definition) is 1. The molecule has 2 aromatic carbocycles. The maximum atomic E-state index is 13.5. The molecule has 0 radical (unpaired) electrons. The van der Waals surface area contributed by atoms with Gasteiger partial charge in [-0.2, -0.15) is 13.2 Å². The lowest BCUT2D eigenvalue weighted by atomic mass is 10.1. The van der Waals surface area contributed by atoms with Crippen LogP contribution in [0.25, 0.3) is 0 Å². The van der Waals surface area contributed by atoms with Crippen LogP contribution in [0.3, 0.4) is 0 Å². The topological polar surface area (TPSA) is 12.0 Å². The third-order valence-corrected chi connectivity index (χ3v) is 3.38. The second kappa shape index (κ2) is 6.01. The van der Waals surface area contributed by atoms with E-state index < -0.39 is 23.4 Å². The Morgan fingerprint density at radius 1 is 0.952 bits per heavy atom. The zero-order valence-electron chi connectivity index (χ0n) is 10.4. The van der Waals surface area contributed by atoms with Gasteiger partial charge in [0.05, 0.1) is 15.7 Å². The van der Waals surface area contributed by atoms with Gasteiger partial charge in [0.25, 0.3) is 0 Å². The van der Waals surface area contributed by atoms with Gasteiger partial charge in [0, 0.05) is 12.6 Å². The van der Waals surface area contributed by atoms with E-state index in [4.69, 9.17) is 0 Å². The molecule has 0 aliphatic heterocycles. The molecule has 1 nitrogen and oxygen atoms in total. The first kappa shape index (κ1) is 15.8. The summed E-state index contributed by atoms with van der Waals surface area (Å²) in [6.45, 7) is 0.0795. The van der Waals surface area contributed by atoms with E-state index in [0.717, 1.165) is 24.3 Å². The van der Waals surface area contributed by atoms with E-state index in [-0.39, 0.29) is 16.7 Å². The smallest absolute Gasteiger partial charge is 0.379 e. The highest BCUT2D eigenvalue weighted by Gasteiger charge is 2.29. The summed E-state index contributed by atoms with van der Waals surface area (Å²) >= 11 is 2.85. The molecule has 2 rings (SSSR count). The zero-order valence-corrected chi connectivity index (χ0v) is 12.0. The number of rotatable bonds is 3. The first-order valence-electron chi connectivity index (χ1n) is 5.82. The van der Waals surface area contributed by atoms with Crippen molar-refractivity contribution in [3.05, 3.63) is 63.6 Å². The Kier molecular flexibility index (Phi) is 4.51. The summed E-state index contributed by atoms with van der Waals surface area (Å²) in [7, 11) is 0. The average molecular weight is 366 g/mol. The van der Waals surface area contributed by atoms with Crippen molar-refractivity contribution < 1.29 is 22.0 Å². The van der Waals surface area contributed by atoms with Crippen molar-refractivity contribution in [2.45, 2.75) is 12.7 Å². The largest absolute Gasteiger partial charge is 0.416 e. The molecule has 0 saturated heterocycles. The summed E-state index contributed by atoms with van der Waals surface area (Å²) in [5, 5.41) is 2.64. The van der Waals surface area contributed by atoms with Crippen molar-refractivity contribution in [2.24, 2.45) is 0 Å². The van der Waals surface area contributed by atoms with Crippen LogP contribution in [0.2, 0.25) is 0 Å². The highest BCUT2D eigenvalue weighted by molar-refractivity contribution is 9.10. The average Bonchev–Trinajstić information content (AvgIpc) is 2.41. The van der Waals surface area contributed by atoms with Crippen molar-refractivity contribution in [2.75, 3.05) is 5.32 Å². The number of halogens is 6. The minimum absolute atomic E-state index is 0.0000742. The fraction of sp³-hybridized carbons (Fsp3) is 0.143. The monoisotopic (exact) mass is 365 g/mol. The summed E-state index contributed by atoms with van der Waals surface area (Å²) in [5.74, 6) is -1.29. The molecule has 0 aromatic heterocycles. The van der Waals surface area contributed by atoms with Gasteiger partial charge >= 0.3 is 6.18 Å². The quantitative estimate of drug-likeness (QED) is 0.570. The second-order valence-corrected chi connectivity index (χ2v) is 5.15. The number of hydrogen-bond donors (Lipinski definition) is 1. The molecule has 21 heavy (non-hydrogen) atoms. The number of benzene rings is 2. The van der Waals surface area contributed by atoms with Gasteiger partial charge in [0.15, 0.2) is 0 Å². The molecular formula is C14H9BrF5N. The Labute approximate surface area is 125 Å². The Morgan fingerprint density at radius 2 is 1.57 bits per heavy atom. The summed E-state index contributed by atoms with van der Waals surface area (Å²) < 4.78 is 64.0. The van der Waals surface area contributed by atoms with Gasteiger partial charge in [0.2, 0.25) is 0 Å². The van der Waals surface area contributed by atoms with Crippen molar-refractivity contribution in [3.8, 4) is 0 Å². The van der Waals surface area contributed by atoms with Gasteiger partial charge in [-0.15, -0.1) is 0 Å². The third-order valence-electron chi connectivity index (χ3n) is 2.77. The Hall–Kier alpha value is -1.63. The molecule has 0 spiro atoms. The van der Waals surface area contributed by atoms with Crippen LogP contribution in [-0.4, -0.2) is 0 Å². The predicted octanol–water partition coefficient (Wildman–Crippen LogP) is 5.36. The molecule has 112 valence electrons.